The summed E-state index contributed by atoms with van der Waals surface area (Å²) in [5.41, 5.74) is 0. The zero-order valence-corrected chi connectivity index (χ0v) is 15.5. The van der Waals surface area contributed by atoms with Gasteiger partial charge in [0, 0.05) is 0 Å². The number of hydrogen-bond acceptors (Lipinski definition) is 0. The maximum absolute atomic E-state index is 2.56. The fraction of sp³-hybridized carbons (Fsp3) is 0. The molecule has 0 bridgehead atoms. The Bertz CT molecular complexity index is 23.0. The predicted octanol–water partition coefficient (Wildman–Crippen LogP) is 3.61. The molecule has 0 amide bonds. The van der Waals surface area contributed by atoms with Crippen LogP contribution in [0.4, 0.5) is 0 Å². The summed E-state index contributed by atoms with van der Waals surface area (Å²) < 4.78 is -1.40. The molecule has 1 radical (unpaired) electrons. The van der Waals surface area contributed by atoms with Crippen LogP contribution in [0, 0.1) is 7.43 Å². The first-order chi connectivity index (χ1) is 2.00. The molecule has 0 aliphatic heterocycles. The van der Waals surface area contributed by atoms with Crippen molar-refractivity contribution in [1.82, 2.24) is 0 Å². The van der Waals surface area contributed by atoms with Crippen molar-refractivity contribution in [3.8, 4) is 0 Å². The van der Waals surface area contributed by atoms with Crippen LogP contribution >= 0.6 is 71.0 Å². The van der Waals surface area contributed by atoms with Crippen LogP contribution in [0.25, 0.3) is 0 Å². The van der Waals surface area contributed by atoms with E-state index < -0.39 is 4.00 Å². The van der Waals surface area contributed by atoms with Gasteiger partial charge in [0.2, 0.25) is 0 Å². The van der Waals surface area contributed by atoms with Crippen LogP contribution < -0.4 is 0 Å². The molecule has 0 unspecified atom stereocenters. The third-order valence-corrected chi connectivity index (χ3v) is 0. The average molecular weight is 730 g/mol. The topological polar surface area (TPSA) is 0 Å². The van der Waals surface area contributed by atoms with E-state index in [1.807, 2.05) is 0 Å². The van der Waals surface area contributed by atoms with Gasteiger partial charge in [-0.15, -0.1) is 0 Å². The van der Waals surface area contributed by atoms with Crippen LogP contribution in [-0.2, 0) is 0 Å². The quantitative estimate of drug-likeness (QED) is 0.265. The molecule has 0 saturated heterocycles. The normalized spacial score (nSPS) is 10.0. The molecule has 6 heavy (non-hydrogen) atoms. The first-order valence-corrected chi connectivity index (χ1v) is 44.5. The maximum atomic E-state index is 2.56. The summed E-state index contributed by atoms with van der Waals surface area (Å²) >= 11 is 10.2. The van der Waals surface area contributed by atoms with E-state index in [0.717, 1.165) is 0 Å². The van der Waals surface area contributed by atoms with Gasteiger partial charge >= 0.3 is 75.0 Å². The Morgan fingerprint density at radius 3 is 0.833 bits per heavy atom. The fourth-order valence-electron chi connectivity index (χ4n) is 0. The summed E-state index contributed by atoms with van der Waals surface area (Å²) in [5.74, 6) is 0. The molecule has 0 aromatic rings. The van der Waals surface area contributed by atoms with E-state index in [1.165, 1.54) is 0 Å². The molecule has 0 nitrogen and oxygen atoms in total. The molecular formula is CH3I4Pb. The van der Waals surface area contributed by atoms with Gasteiger partial charge in [0.05, 0.1) is 0 Å². The van der Waals surface area contributed by atoms with Crippen molar-refractivity contribution in [3.63, 3.8) is 0 Å². The van der Waals surface area contributed by atoms with Crippen molar-refractivity contribution in [3.05, 3.63) is 7.43 Å². The van der Waals surface area contributed by atoms with Crippen molar-refractivity contribution in [1.29, 1.82) is 0 Å². The summed E-state index contributed by atoms with van der Waals surface area (Å²) in [4.78, 5) is 0. The molecule has 0 atom stereocenters. The second-order valence-corrected chi connectivity index (χ2v) is 169. The standard InChI is InChI=1S/CH3.4HI.Pb/h1H3;4*1H;/q;;;;;+4/p-4. The summed E-state index contributed by atoms with van der Waals surface area (Å²) in [6, 6.07) is 0. The van der Waals surface area contributed by atoms with Crippen LogP contribution in [0.2, 0.25) is 0 Å². The molecular weight excluding hydrogens is 727 g/mol. The molecule has 39 valence electrons. The first-order valence-electron chi connectivity index (χ1n) is 0.756. The van der Waals surface area contributed by atoms with Crippen LogP contribution in [0.15, 0.2) is 0 Å². The van der Waals surface area contributed by atoms with E-state index in [1.54, 1.807) is 0 Å². The molecule has 0 fully saturated rings. The molecule has 0 aliphatic rings. The number of halogens is 4. The number of rotatable bonds is 0. The summed E-state index contributed by atoms with van der Waals surface area (Å²) in [6.07, 6.45) is 0. The van der Waals surface area contributed by atoms with E-state index in [4.69, 9.17) is 0 Å². The average Bonchev–Trinajstić information content (AvgIpc) is 0.722. The van der Waals surface area contributed by atoms with Crippen molar-refractivity contribution in [2.45, 2.75) is 0 Å². The van der Waals surface area contributed by atoms with Gasteiger partial charge in [0.15, 0.2) is 0 Å². The van der Waals surface area contributed by atoms with Crippen molar-refractivity contribution < 1.29 is 0 Å². The Balaban J connectivity index is 0. The third kappa shape index (κ3) is 24.9. The van der Waals surface area contributed by atoms with Gasteiger partial charge in [-0.3, -0.25) is 0 Å². The van der Waals surface area contributed by atoms with Gasteiger partial charge in [-0.2, -0.15) is 0 Å². The molecule has 0 aromatic heterocycles. The van der Waals surface area contributed by atoms with Gasteiger partial charge in [-0.25, -0.2) is 0 Å². The Hall–Kier alpha value is 3.84. The van der Waals surface area contributed by atoms with Crippen LogP contribution in [0.1, 0.15) is 0 Å². The van der Waals surface area contributed by atoms with Gasteiger partial charge < -0.3 is 0 Å². The summed E-state index contributed by atoms with van der Waals surface area (Å²) in [7, 11) is 0. The molecule has 0 spiro atoms. The van der Waals surface area contributed by atoms with Crippen molar-refractivity contribution in [2.75, 3.05) is 0 Å². The van der Waals surface area contributed by atoms with Gasteiger partial charge in [0.25, 0.3) is 0 Å². The van der Waals surface area contributed by atoms with E-state index in [9.17, 15) is 0 Å². The zero-order chi connectivity index (χ0) is 4.50. The van der Waals surface area contributed by atoms with Crippen LogP contribution in [0.5, 0.6) is 0 Å². The fourth-order valence-corrected chi connectivity index (χ4v) is 0. The van der Waals surface area contributed by atoms with Gasteiger partial charge in [-0.1, -0.05) is 7.43 Å². The zero-order valence-electron chi connectivity index (χ0n) is 3.01. The van der Waals surface area contributed by atoms with E-state index >= 15 is 0 Å². The van der Waals surface area contributed by atoms with Crippen LogP contribution in [-0.4, -0.2) is 4.00 Å². The van der Waals surface area contributed by atoms with Crippen molar-refractivity contribution >= 4 is 75.0 Å². The Labute approximate surface area is 79.4 Å². The first kappa shape index (κ1) is 12.5. The minimum absolute atomic E-state index is 0. The second kappa shape index (κ2) is 5.61. The predicted molar refractivity (Wildman–Crippen MR) is 68.2 cm³/mol. The van der Waals surface area contributed by atoms with E-state index in [0.29, 0.717) is 0 Å². The van der Waals surface area contributed by atoms with Gasteiger partial charge in [0.1, 0.15) is 0 Å². The van der Waals surface area contributed by atoms with E-state index in [2.05, 4.69) is 71.0 Å². The molecule has 0 heterocycles. The Kier molecular flexibility index (Phi) is 11.7. The van der Waals surface area contributed by atoms with Crippen molar-refractivity contribution in [2.24, 2.45) is 0 Å². The molecule has 5 heteroatoms. The molecule has 0 N–H and O–H groups in total. The molecule has 0 aliphatic carbocycles. The Morgan fingerprint density at radius 2 is 0.833 bits per heavy atom. The minimum atomic E-state index is -1.40. The second-order valence-electron chi connectivity index (χ2n) is 0.429. The number of hydrogen-bond donors (Lipinski definition) is 0. The molecule has 0 rings (SSSR count). The summed E-state index contributed by atoms with van der Waals surface area (Å²) in [5, 5.41) is 0. The monoisotopic (exact) mass is 731 g/mol. The summed E-state index contributed by atoms with van der Waals surface area (Å²) in [6.45, 7) is 0. The van der Waals surface area contributed by atoms with Gasteiger partial charge in [-0.05, 0) is 0 Å². The third-order valence-electron chi connectivity index (χ3n) is 0. The SMILES string of the molecule is [CH3].[I][Pb]([I])([I])[I]. The van der Waals surface area contributed by atoms with E-state index in [-0.39, 0.29) is 7.43 Å². The molecule has 0 aromatic carbocycles. The van der Waals surface area contributed by atoms with Crippen LogP contribution in [0.3, 0.4) is 0 Å². The Morgan fingerprint density at radius 1 is 0.833 bits per heavy atom. The molecule has 0 saturated carbocycles.